The lowest BCUT2D eigenvalue weighted by molar-refractivity contribution is 0.181. The van der Waals surface area contributed by atoms with E-state index in [-0.39, 0.29) is 11.6 Å². The molecule has 118 valence electrons. The molecule has 2 rings (SSSR count). The first kappa shape index (κ1) is 16.5. The SMILES string of the molecule is COCCn1ncc(N2CCC(C(C)N)CC2)c(Br)c1=O. The Morgan fingerprint density at radius 1 is 1.52 bits per heavy atom. The lowest BCUT2D eigenvalue weighted by Crippen LogP contribution is -2.40. The zero-order valence-electron chi connectivity index (χ0n) is 12.6. The number of aromatic nitrogens is 2. The summed E-state index contributed by atoms with van der Waals surface area (Å²) in [6.07, 6.45) is 3.86. The maximum absolute atomic E-state index is 12.3. The summed E-state index contributed by atoms with van der Waals surface area (Å²) in [6, 6.07) is 0.232. The molecule has 0 aliphatic carbocycles. The fourth-order valence-electron chi connectivity index (χ4n) is 2.68. The average Bonchev–Trinajstić information content (AvgIpc) is 2.49. The number of halogens is 1. The first-order chi connectivity index (χ1) is 10.0. The number of nitrogens with two attached hydrogens (primary N) is 1. The van der Waals surface area contributed by atoms with Gasteiger partial charge in [-0.05, 0) is 41.6 Å². The summed E-state index contributed by atoms with van der Waals surface area (Å²) in [5, 5.41) is 4.23. The van der Waals surface area contributed by atoms with Crippen LogP contribution in [0.1, 0.15) is 19.8 Å². The average molecular weight is 359 g/mol. The van der Waals surface area contributed by atoms with Crippen LogP contribution >= 0.6 is 15.9 Å². The molecule has 6 nitrogen and oxygen atoms in total. The van der Waals surface area contributed by atoms with E-state index in [0.29, 0.717) is 23.5 Å². The Hall–Kier alpha value is -0.920. The van der Waals surface area contributed by atoms with Crippen LogP contribution in [0.15, 0.2) is 15.5 Å². The number of anilines is 1. The third-order valence-corrected chi connectivity index (χ3v) is 4.84. The van der Waals surface area contributed by atoms with Crippen molar-refractivity contribution in [3.63, 3.8) is 0 Å². The van der Waals surface area contributed by atoms with Gasteiger partial charge in [0.25, 0.3) is 5.56 Å². The monoisotopic (exact) mass is 358 g/mol. The van der Waals surface area contributed by atoms with E-state index in [0.717, 1.165) is 31.6 Å². The molecule has 1 unspecified atom stereocenters. The summed E-state index contributed by atoms with van der Waals surface area (Å²) >= 11 is 3.42. The number of nitrogens with zero attached hydrogens (tertiary/aromatic N) is 3. The van der Waals surface area contributed by atoms with Gasteiger partial charge in [-0.15, -0.1) is 0 Å². The highest BCUT2D eigenvalue weighted by Crippen LogP contribution is 2.27. The molecule has 2 N–H and O–H groups in total. The molecule has 2 heterocycles. The van der Waals surface area contributed by atoms with Crippen LogP contribution in [0.3, 0.4) is 0 Å². The Labute approximate surface area is 133 Å². The fourth-order valence-corrected chi connectivity index (χ4v) is 3.24. The Morgan fingerprint density at radius 3 is 2.76 bits per heavy atom. The van der Waals surface area contributed by atoms with Gasteiger partial charge < -0.3 is 15.4 Å². The quantitative estimate of drug-likeness (QED) is 0.856. The van der Waals surface area contributed by atoms with Crippen molar-refractivity contribution < 1.29 is 4.74 Å². The van der Waals surface area contributed by atoms with Crippen molar-refractivity contribution >= 4 is 21.6 Å². The van der Waals surface area contributed by atoms with Crippen LogP contribution in [0.4, 0.5) is 5.69 Å². The Morgan fingerprint density at radius 2 is 2.19 bits per heavy atom. The predicted molar refractivity (Wildman–Crippen MR) is 86.7 cm³/mol. The van der Waals surface area contributed by atoms with Gasteiger partial charge in [-0.2, -0.15) is 5.10 Å². The molecule has 1 aliphatic rings. The summed E-state index contributed by atoms with van der Waals surface area (Å²) in [4.78, 5) is 14.5. The molecule has 0 bridgehead atoms. The minimum atomic E-state index is -0.112. The van der Waals surface area contributed by atoms with Crippen LogP contribution in [0, 0.1) is 5.92 Å². The van der Waals surface area contributed by atoms with Gasteiger partial charge in [0.1, 0.15) is 4.47 Å². The molecule has 0 amide bonds. The summed E-state index contributed by atoms with van der Waals surface area (Å²) < 4.78 is 6.98. The van der Waals surface area contributed by atoms with E-state index in [1.54, 1.807) is 13.3 Å². The van der Waals surface area contributed by atoms with E-state index in [9.17, 15) is 4.79 Å². The molecule has 1 aliphatic heterocycles. The van der Waals surface area contributed by atoms with E-state index in [1.165, 1.54) is 4.68 Å². The van der Waals surface area contributed by atoms with Crippen molar-refractivity contribution in [3.8, 4) is 0 Å². The first-order valence-electron chi connectivity index (χ1n) is 7.29. The Bertz CT molecular complexity index is 524. The lowest BCUT2D eigenvalue weighted by atomic mass is 9.91. The highest BCUT2D eigenvalue weighted by molar-refractivity contribution is 9.10. The molecule has 1 aromatic rings. The maximum Gasteiger partial charge on any atom is 0.283 e. The number of methoxy groups -OCH3 is 1. The van der Waals surface area contributed by atoms with Crippen LogP contribution in [-0.4, -0.2) is 42.6 Å². The maximum atomic E-state index is 12.3. The second-order valence-electron chi connectivity index (χ2n) is 5.55. The molecule has 7 heteroatoms. The van der Waals surface area contributed by atoms with Crippen molar-refractivity contribution in [1.82, 2.24) is 9.78 Å². The van der Waals surface area contributed by atoms with Gasteiger partial charge in [-0.1, -0.05) is 0 Å². The molecule has 1 atom stereocenters. The zero-order chi connectivity index (χ0) is 15.4. The van der Waals surface area contributed by atoms with Crippen LogP contribution in [0.5, 0.6) is 0 Å². The van der Waals surface area contributed by atoms with Gasteiger partial charge in [0.2, 0.25) is 0 Å². The largest absolute Gasteiger partial charge is 0.383 e. The van der Waals surface area contributed by atoms with Crippen LogP contribution in [0.2, 0.25) is 0 Å². The topological polar surface area (TPSA) is 73.4 Å². The summed E-state index contributed by atoms with van der Waals surface area (Å²) in [5.41, 5.74) is 6.73. The molecular formula is C14H23BrN4O2. The van der Waals surface area contributed by atoms with E-state index in [1.807, 2.05) is 0 Å². The number of rotatable bonds is 5. The van der Waals surface area contributed by atoms with Crippen molar-refractivity contribution in [2.45, 2.75) is 32.4 Å². The van der Waals surface area contributed by atoms with E-state index in [4.69, 9.17) is 10.5 Å². The zero-order valence-corrected chi connectivity index (χ0v) is 14.2. The van der Waals surface area contributed by atoms with Gasteiger partial charge in [-0.25, -0.2) is 4.68 Å². The Balaban J connectivity index is 2.11. The van der Waals surface area contributed by atoms with Crippen LogP contribution < -0.4 is 16.2 Å². The third-order valence-electron chi connectivity index (χ3n) is 4.10. The van der Waals surface area contributed by atoms with Crippen molar-refractivity contribution in [2.24, 2.45) is 11.7 Å². The van der Waals surface area contributed by atoms with Gasteiger partial charge in [0.15, 0.2) is 0 Å². The fraction of sp³-hybridized carbons (Fsp3) is 0.714. The minimum Gasteiger partial charge on any atom is -0.383 e. The van der Waals surface area contributed by atoms with Crippen molar-refractivity contribution in [1.29, 1.82) is 0 Å². The van der Waals surface area contributed by atoms with Crippen molar-refractivity contribution in [2.75, 3.05) is 31.7 Å². The number of piperidine rings is 1. The van der Waals surface area contributed by atoms with Crippen LogP contribution in [0.25, 0.3) is 0 Å². The molecule has 1 fully saturated rings. The third kappa shape index (κ3) is 3.84. The molecular weight excluding hydrogens is 336 g/mol. The molecule has 0 aromatic carbocycles. The summed E-state index contributed by atoms with van der Waals surface area (Å²) in [6.45, 7) is 4.82. The molecule has 21 heavy (non-hydrogen) atoms. The van der Waals surface area contributed by atoms with E-state index >= 15 is 0 Å². The minimum absolute atomic E-state index is 0.112. The van der Waals surface area contributed by atoms with E-state index in [2.05, 4.69) is 32.9 Å². The van der Waals surface area contributed by atoms with Crippen LogP contribution in [-0.2, 0) is 11.3 Å². The highest BCUT2D eigenvalue weighted by Gasteiger charge is 2.24. The van der Waals surface area contributed by atoms with Gasteiger partial charge in [0.05, 0.1) is 25.0 Å². The lowest BCUT2D eigenvalue weighted by Gasteiger charge is -2.35. The predicted octanol–water partition coefficient (Wildman–Crippen LogP) is 1.22. The Kier molecular flexibility index (Phi) is 5.78. The normalized spacial score (nSPS) is 18.0. The number of ether oxygens (including phenoxy) is 1. The first-order valence-corrected chi connectivity index (χ1v) is 8.09. The summed E-state index contributed by atoms with van der Waals surface area (Å²) in [7, 11) is 1.61. The molecule has 1 aromatic heterocycles. The molecule has 1 saturated heterocycles. The number of hydrogen-bond acceptors (Lipinski definition) is 5. The highest BCUT2D eigenvalue weighted by atomic mass is 79.9. The van der Waals surface area contributed by atoms with E-state index < -0.39 is 0 Å². The molecule has 0 spiro atoms. The standard InChI is InChI=1S/C14H23BrN4O2/c1-10(16)11-3-5-18(6-4-11)12-9-17-19(7-8-21-2)14(20)13(12)15/h9-11H,3-8,16H2,1-2H3. The second kappa shape index (κ2) is 7.38. The smallest absolute Gasteiger partial charge is 0.283 e. The van der Waals surface area contributed by atoms with Gasteiger partial charge in [-0.3, -0.25) is 4.79 Å². The molecule has 0 radical (unpaired) electrons. The number of hydrogen-bond donors (Lipinski definition) is 1. The van der Waals surface area contributed by atoms with Gasteiger partial charge >= 0.3 is 0 Å². The summed E-state index contributed by atoms with van der Waals surface area (Å²) in [5.74, 6) is 0.565. The second-order valence-corrected chi connectivity index (χ2v) is 6.34. The van der Waals surface area contributed by atoms with Crippen molar-refractivity contribution in [3.05, 3.63) is 21.0 Å². The molecule has 0 saturated carbocycles. The van der Waals surface area contributed by atoms with Gasteiger partial charge in [0, 0.05) is 26.2 Å².